The van der Waals surface area contributed by atoms with Crippen LogP contribution < -0.4 is 11.2 Å². The molecule has 258 valence electrons. The molecule has 3 N–H and O–H groups in total. The number of nitrogens with one attached hydrogen (secondary N) is 1. The molecule has 0 amide bonds. The number of unbranched alkanes of at least 4 members (excludes halogenated alkanes) is 1. The van der Waals surface area contributed by atoms with Gasteiger partial charge in [0.15, 0.2) is 11.3 Å². The van der Waals surface area contributed by atoms with Gasteiger partial charge in [-0.25, -0.2) is 4.79 Å². The first-order chi connectivity index (χ1) is 22.4. The molecule has 1 fully saturated rings. The molecule has 1 aliphatic rings. The standard InChI is InChI=1S/C29H52N4O8P2S2/c1-3-4-13-44-25-7-8-26(25)45-14-5-6-23(35)18-33(20-28(38)41-31-16-24(36)21-42)10-9-32(17-22(2)34)19-27(37)40-11-12-43-29(39)15-30/h25-26,31,43H,3-21,30,42H2,1-2H3/i21T/hT. The third-order valence-corrected chi connectivity index (χ3v) is 11.3. The normalized spacial score (nSPS) is 17.5. The molecule has 0 heterocycles. The van der Waals surface area contributed by atoms with Crippen LogP contribution in [0, 0.1) is 0 Å². The molecule has 0 aromatic rings. The number of hydrogen-bond donors (Lipinski definition) is 2. The minimum atomic E-state index is -1.05. The van der Waals surface area contributed by atoms with E-state index >= 15 is 0 Å². The predicted molar refractivity (Wildman–Crippen MR) is 186 cm³/mol. The number of hydrogen-bond acceptors (Lipinski definition) is 14. The highest BCUT2D eigenvalue weighted by molar-refractivity contribution is 8.03. The van der Waals surface area contributed by atoms with Crippen molar-refractivity contribution in [3.05, 3.63) is 0 Å². The fourth-order valence-corrected chi connectivity index (χ4v) is 8.04. The lowest BCUT2D eigenvalue weighted by Crippen LogP contribution is -2.44. The van der Waals surface area contributed by atoms with Crippen LogP contribution in [0.3, 0.4) is 0 Å². The number of esters is 1. The van der Waals surface area contributed by atoms with Crippen LogP contribution in [-0.2, 0) is 38.3 Å². The first-order valence-corrected chi connectivity index (χ1v) is 19.3. The number of carbonyl (C=O) groups is 6. The zero-order valence-corrected chi connectivity index (χ0v) is 30.3. The smallest absolute Gasteiger partial charge is 0.338 e. The molecule has 5 atom stereocenters. The monoisotopic (exact) mass is 714 g/mol. The molecule has 16 heteroatoms. The van der Waals surface area contributed by atoms with Crippen LogP contribution in [0.15, 0.2) is 0 Å². The Bertz CT molecular complexity index is 1010. The number of Topliss-reactive ketones (excluding diaryl/α,β-unsaturated/α-hetero) is 3. The number of rotatable bonds is 30. The summed E-state index contributed by atoms with van der Waals surface area (Å²) in [5.41, 5.74) is 4.16. The van der Waals surface area contributed by atoms with Crippen LogP contribution in [-0.4, -0.2) is 138 Å². The largest absolute Gasteiger partial charge is 0.464 e. The summed E-state index contributed by atoms with van der Waals surface area (Å²) in [6.07, 6.45) is 5.29. The highest BCUT2D eigenvalue weighted by Crippen LogP contribution is 2.40. The molecule has 0 aliphatic heterocycles. The Morgan fingerprint density at radius 3 is 2.22 bits per heavy atom. The van der Waals surface area contributed by atoms with Crippen LogP contribution in [0.2, 0.25) is 1.41 Å². The van der Waals surface area contributed by atoms with E-state index in [1.54, 1.807) is 9.80 Å². The Labute approximate surface area is 283 Å². The van der Waals surface area contributed by atoms with Crippen LogP contribution in [0.25, 0.3) is 0 Å². The average molecular weight is 715 g/mol. The van der Waals surface area contributed by atoms with E-state index in [0.717, 1.165) is 12.2 Å². The van der Waals surface area contributed by atoms with Gasteiger partial charge in [0.2, 0.25) is 0 Å². The van der Waals surface area contributed by atoms with E-state index in [4.69, 9.17) is 12.4 Å². The summed E-state index contributed by atoms with van der Waals surface area (Å²) in [7, 11) is 1.95. The van der Waals surface area contributed by atoms with Crippen molar-refractivity contribution < 1.29 is 41.1 Å². The summed E-state index contributed by atoms with van der Waals surface area (Å²) >= 11 is 3.99. The first kappa shape index (κ1) is 38.5. The maximum atomic E-state index is 12.9. The van der Waals surface area contributed by atoms with E-state index in [2.05, 4.69) is 24.2 Å². The predicted octanol–water partition coefficient (Wildman–Crippen LogP) is 1.53. The second kappa shape index (κ2) is 26.0. The molecule has 0 bridgehead atoms. The Morgan fingerprint density at radius 2 is 1.62 bits per heavy atom. The molecule has 0 aromatic heterocycles. The summed E-state index contributed by atoms with van der Waals surface area (Å²) in [6.45, 7) is 3.04. The molecular formula is C29H52N4O8P2S2. The second-order valence-corrected chi connectivity index (χ2v) is 15.1. The number of carbonyl (C=O) groups excluding carboxylic acids is 6. The van der Waals surface area contributed by atoms with Gasteiger partial charge >= 0.3 is 11.9 Å². The zero-order valence-electron chi connectivity index (χ0n) is 28.5. The van der Waals surface area contributed by atoms with Crippen molar-refractivity contribution >= 4 is 76.2 Å². The molecular weight excluding hydrogens is 658 g/mol. The number of nitrogens with two attached hydrogens (primary N) is 1. The van der Waals surface area contributed by atoms with Crippen molar-refractivity contribution in [3.8, 4) is 0 Å². The van der Waals surface area contributed by atoms with E-state index in [9.17, 15) is 28.8 Å². The third kappa shape index (κ3) is 21.5. The summed E-state index contributed by atoms with van der Waals surface area (Å²) in [5.74, 6) is 0.0782. The van der Waals surface area contributed by atoms with Gasteiger partial charge in [-0.05, 0) is 52.7 Å². The van der Waals surface area contributed by atoms with E-state index in [0.29, 0.717) is 23.1 Å². The molecule has 1 rings (SSSR count). The number of thioether (sulfide) groups is 2. The van der Waals surface area contributed by atoms with E-state index in [1.165, 1.54) is 38.4 Å². The van der Waals surface area contributed by atoms with Crippen molar-refractivity contribution in [2.24, 2.45) is 5.73 Å². The maximum absolute atomic E-state index is 12.9. The van der Waals surface area contributed by atoms with Gasteiger partial charge in [-0.1, -0.05) is 13.3 Å². The van der Waals surface area contributed by atoms with E-state index in [1.807, 2.05) is 26.7 Å². The van der Waals surface area contributed by atoms with Gasteiger partial charge in [-0.15, -0.1) is 14.7 Å². The van der Waals surface area contributed by atoms with Gasteiger partial charge < -0.3 is 15.3 Å². The summed E-state index contributed by atoms with van der Waals surface area (Å²) in [4.78, 5) is 81.1. The van der Waals surface area contributed by atoms with Gasteiger partial charge in [-0.2, -0.15) is 23.5 Å². The minimum Gasteiger partial charge on any atom is -0.464 e. The molecule has 1 aliphatic carbocycles. The van der Waals surface area contributed by atoms with Crippen LogP contribution >= 0.6 is 41.3 Å². The van der Waals surface area contributed by atoms with Crippen molar-refractivity contribution in [1.82, 2.24) is 15.3 Å². The molecule has 45 heavy (non-hydrogen) atoms. The quantitative estimate of drug-likeness (QED) is 0.0476. The van der Waals surface area contributed by atoms with Crippen LogP contribution in [0.5, 0.6) is 0 Å². The highest BCUT2D eigenvalue weighted by atomic mass is 32.2. The fraction of sp³-hybridized carbons (Fsp3) is 0.793. The van der Waals surface area contributed by atoms with Gasteiger partial charge in [-0.3, -0.25) is 33.8 Å². The highest BCUT2D eigenvalue weighted by Gasteiger charge is 2.31. The zero-order chi connectivity index (χ0) is 35.0. The lowest BCUT2D eigenvalue weighted by molar-refractivity contribution is -0.153. The average Bonchev–Trinajstić information content (AvgIpc) is 2.99. The van der Waals surface area contributed by atoms with Crippen molar-refractivity contribution in [2.45, 2.75) is 62.9 Å². The first-order valence-electron chi connectivity index (χ1n) is 16.4. The van der Waals surface area contributed by atoms with Gasteiger partial charge in [0.25, 0.3) is 0 Å². The lowest BCUT2D eigenvalue weighted by Gasteiger charge is -2.35. The third-order valence-electron chi connectivity index (χ3n) is 6.66. The molecule has 0 aromatic carbocycles. The summed E-state index contributed by atoms with van der Waals surface area (Å²) in [5, 5.41) is 1.34. The molecule has 0 spiro atoms. The molecule has 1 saturated carbocycles. The Morgan fingerprint density at radius 1 is 0.978 bits per heavy atom. The molecule has 0 radical (unpaired) electrons. The summed E-state index contributed by atoms with van der Waals surface area (Å²) in [6, 6.07) is 0. The molecule has 0 saturated heterocycles. The molecule has 12 nitrogen and oxygen atoms in total. The van der Waals surface area contributed by atoms with E-state index < -0.39 is 23.9 Å². The van der Waals surface area contributed by atoms with Crippen LogP contribution in [0.1, 0.15) is 53.7 Å². The molecule has 5 unspecified atom stereocenters. The van der Waals surface area contributed by atoms with E-state index in [-0.39, 0.29) is 84.6 Å². The SMILES string of the molecule is [3H]NCC(=O)PCCOC(=O)CN(CCN(CC(=O)CCCSC1CCC1SCCCC)CC(=O)ONCC(=O)C([3H])P)CC(C)=O. The van der Waals surface area contributed by atoms with Crippen molar-refractivity contribution in [3.63, 3.8) is 0 Å². The topological polar surface area (TPSA) is 165 Å². The Kier molecular flexibility index (Phi) is 22.3. The van der Waals surface area contributed by atoms with Gasteiger partial charge in [0.05, 0.1) is 45.9 Å². The van der Waals surface area contributed by atoms with Crippen LogP contribution in [0.4, 0.5) is 0 Å². The number of ketones is 3. The van der Waals surface area contributed by atoms with Gasteiger partial charge in [0, 0.05) is 43.7 Å². The lowest BCUT2D eigenvalue weighted by atomic mass is 9.99. The van der Waals surface area contributed by atoms with Crippen molar-refractivity contribution in [1.29, 1.82) is 0 Å². The Hall–Kier alpha value is -0.980. The fourth-order valence-electron chi connectivity index (χ4n) is 4.16. The second-order valence-electron chi connectivity index (χ2n) is 10.7. The number of ether oxygens (including phenoxy) is 1. The minimum absolute atomic E-state index is 0.0293. The van der Waals surface area contributed by atoms with Crippen molar-refractivity contribution in [2.75, 3.05) is 82.8 Å². The maximum Gasteiger partial charge on any atom is 0.338 e. The number of hydroxylamine groups is 1. The Balaban J connectivity index is 2.66. The number of nitrogens with zero attached hydrogens (tertiary/aromatic N) is 2. The summed E-state index contributed by atoms with van der Waals surface area (Å²) < 4.78 is 19.4. The van der Waals surface area contributed by atoms with Gasteiger partial charge in [0.1, 0.15) is 13.0 Å².